The topological polar surface area (TPSA) is 58.6 Å². The molecule has 1 heterocycles. The largest absolute Gasteiger partial charge is 0.469 e. The van der Waals surface area contributed by atoms with E-state index in [-0.39, 0.29) is 35.6 Å². The van der Waals surface area contributed by atoms with E-state index in [1.165, 1.54) is 13.2 Å². The normalized spacial score (nSPS) is 24.2. The van der Waals surface area contributed by atoms with E-state index < -0.39 is 0 Å². The number of hydrogen-bond acceptors (Lipinski definition) is 4. The Bertz CT molecular complexity index is 629. The van der Waals surface area contributed by atoms with E-state index in [1.54, 1.807) is 18.2 Å². The molecule has 0 bridgehead atoms. The molecule has 1 amide bonds. The summed E-state index contributed by atoms with van der Waals surface area (Å²) in [6.45, 7) is 1.27. The van der Waals surface area contributed by atoms with Gasteiger partial charge in [-0.25, -0.2) is 4.39 Å². The van der Waals surface area contributed by atoms with Crippen molar-refractivity contribution in [3.8, 4) is 0 Å². The van der Waals surface area contributed by atoms with Crippen molar-refractivity contribution in [2.45, 2.75) is 38.1 Å². The molecular weight excluding hydrogens is 323 g/mol. The third kappa shape index (κ3) is 3.94. The lowest BCUT2D eigenvalue weighted by Crippen LogP contribution is -2.46. The number of esters is 1. The summed E-state index contributed by atoms with van der Waals surface area (Å²) in [4.78, 5) is 26.5. The molecule has 2 unspecified atom stereocenters. The molecule has 1 aromatic rings. The van der Waals surface area contributed by atoms with Gasteiger partial charge in [-0.05, 0) is 37.8 Å². The lowest BCUT2D eigenvalue weighted by Gasteiger charge is -2.35. The van der Waals surface area contributed by atoms with Crippen LogP contribution in [0.25, 0.3) is 0 Å². The van der Waals surface area contributed by atoms with Crippen molar-refractivity contribution in [2.75, 3.05) is 25.5 Å². The molecule has 136 valence electrons. The standard InChI is InChI=1S/C19H25FN2O3/c1-25-19(24)15-6-4-5-14(15)18(23)22-11-9-13(10-12-22)21-17-8-3-2-7-16(17)20/h2-3,7-8,13-15,21H,4-6,9-12H2,1H3. The summed E-state index contributed by atoms with van der Waals surface area (Å²) in [5, 5.41) is 3.23. The Morgan fingerprint density at radius 2 is 1.80 bits per heavy atom. The van der Waals surface area contributed by atoms with Gasteiger partial charge in [0.1, 0.15) is 5.82 Å². The lowest BCUT2D eigenvalue weighted by molar-refractivity contribution is -0.152. The molecule has 2 atom stereocenters. The first-order valence-electron chi connectivity index (χ1n) is 8.98. The van der Waals surface area contributed by atoms with Crippen molar-refractivity contribution in [3.05, 3.63) is 30.1 Å². The Hall–Kier alpha value is -2.11. The number of methoxy groups -OCH3 is 1. The molecule has 0 spiro atoms. The quantitative estimate of drug-likeness (QED) is 0.850. The van der Waals surface area contributed by atoms with Gasteiger partial charge in [0.05, 0.1) is 24.6 Å². The van der Waals surface area contributed by atoms with Crippen molar-refractivity contribution < 1.29 is 18.7 Å². The zero-order valence-electron chi connectivity index (χ0n) is 14.5. The zero-order chi connectivity index (χ0) is 17.8. The van der Waals surface area contributed by atoms with Gasteiger partial charge in [-0.1, -0.05) is 18.6 Å². The van der Waals surface area contributed by atoms with Gasteiger partial charge >= 0.3 is 5.97 Å². The number of carbonyl (C=O) groups excluding carboxylic acids is 2. The zero-order valence-corrected chi connectivity index (χ0v) is 14.5. The summed E-state index contributed by atoms with van der Waals surface area (Å²) in [6, 6.07) is 6.79. The minimum absolute atomic E-state index is 0.0669. The maximum absolute atomic E-state index is 13.7. The average Bonchev–Trinajstić information content (AvgIpc) is 3.13. The molecule has 1 aliphatic heterocycles. The van der Waals surface area contributed by atoms with Crippen LogP contribution >= 0.6 is 0 Å². The number of rotatable bonds is 4. The molecule has 3 rings (SSSR count). The van der Waals surface area contributed by atoms with Crippen molar-refractivity contribution in [2.24, 2.45) is 11.8 Å². The Morgan fingerprint density at radius 3 is 2.48 bits per heavy atom. The number of nitrogens with one attached hydrogen (secondary N) is 1. The maximum Gasteiger partial charge on any atom is 0.309 e. The number of ether oxygens (including phenoxy) is 1. The van der Waals surface area contributed by atoms with E-state index in [0.717, 1.165) is 32.1 Å². The predicted octanol–water partition coefficient (Wildman–Crippen LogP) is 2.82. The van der Waals surface area contributed by atoms with Crippen LogP contribution in [-0.4, -0.2) is 43.0 Å². The van der Waals surface area contributed by atoms with E-state index in [4.69, 9.17) is 4.74 Å². The van der Waals surface area contributed by atoms with Gasteiger partial charge in [0.25, 0.3) is 0 Å². The highest BCUT2D eigenvalue weighted by atomic mass is 19.1. The fourth-order valence-corrected chi connectivity index (χ4v) is 3.97. The number of benzene rings is 1. The van der Waals surface area contributed by atoms with Crippen molar-refractivity contribution in [3.63, 3.8) is 0 Å². The van der Waals surface area contributed by atoms with Crippen LogP contribution < -0.4 is 5.32 Å². The fraction of sp³-hybridized carbons (Fsp3) is 0.579. The van der Waals surface area contributed by atoms with Crippen LogP contribution in [0.3, 0.4) is 0 Å². The average molecular weight is 348 g/mol. The van der Waals surface area contributed by atoms with Gasteiger partial charge in [0.15, 0.2) is 0 Å². The number of para-hydroxylation sites is 1. The van der Waals surface area contributed by atoms with E-state index in [2.05, 4.69) is 5.32 Å². The van der Waals surface area contributed by atoms with Gasteiger partial charge in [-0.3, -0.25) is 9.59 Å². The Balaban J connectivity index is 1.54. The second-order valence-corrected chi connectivity index (χ2v) is 6.89. The summed E-state index contributed by atoms with van der Waals surface area (Å²) in [5.41, 5.74) is 0.508. The Labute approximate surface area is 147 Å². The highest BCUT2D eigenvalue weighted by Crippen LogP contribution is 2.34. The van der Waals surface area contributed by atoms with Gasteiger partial charge < -0.3 is 15.0 Å². The number of hydrogen-bond donors (Lipinski definition) is 1. The highest BCUT2D eigenvalue weighted by molar-refractivity contribution is 5.86. The molecule has 1 aromatic carbocycles. The molecule has 2 aliphatic rings. The van der Waals surface area contributed by atoms with Crippen LogP contribution in [0, 0.1) is 17.7 Å². The summed E-state index contributed by atoms with van der Waals surface area (Å²) >= 11 is 0. The highest BCUT2D eigenvalue weighted by Gasteiger charge is 2.40. The van der Waals surface area contributed by atoms with Gasteiger partial charge in [0.2, 0.25) is 5.91 Å². The monoisotopic (exact) mass is 348 g/mol. The van der Waals surface area contributed by atoms with E-state index in [0.29, 0.717) is 18.8 Å². The minimum Gasteiger partial charge on any atom is -0.469 e. The van der Waals surface area contributed by atoms with Crippen molar-refractivity contribution >= 4 is 17.6 Å². The Kier molecular flexibility index (Phi) is 5.56. The van der Waals surface area contributed by atoms with Crippen LogP contribution in [0.1, 0.15) is 32.1 Å². The molecule has 25 heavy (non-hydrogen) atoms. The molecule has 5 nitrogen and oxygen atoms in total. The molecule has 2 fully saturated rings. The van der Waals surface area contributed by atoms with E-state index >= 15 is 0 Å². The van der Waals surface area contributed by atoms with Crippen LogP contribution in [0.15, 0.2) is 24.3 Å². The van der Waals surface area contributed by atoms with E-state index in [1.807, 2.05) is 4.90 Å². The first-order chi connectivity index (χ1) is 12.1. The predicted molar refractivity (Wildman–Crippen MR) is 92.5 cm³/mol. The molecular formula is C19H25FN2O3. The van der Waals surface area contributed by atoms with Crippen LogP contribution in [0.2, 0.25) is 0 Å². The molecule has 1 N–H and O–H groups in total. The second-order valence-electron chi connectivity index (χ2n) is 6.89. The summed E-state index contributed by atoms with van der Waals surface area (Å²) in [7, 11) is 1.38. The number of halogens is 1. The number of nitrogens with zero attached hydrogens (tertiary/aromatic N) is 1. The minimum atomic E-state index is -0.299. The summed E-state index contributed by atoms with van der Waals surface area (Å²) in [6.07, 6.45) is 3.92. The SMILES string of the molecule is COC(=O)C1CCCC1C(=O)N1CCC(Nc2ccccc2F)CC1. The number of anilines is 1. The number of likely N-dealkylation sites (tertiary alicyclic amines) is 1. The second kappa shape index (κ2) is 7.85. The van der Waals surface area contributed by atoms with Gasteiger partial charge in [-0.15, -0.1) is 0 Å². The number of amides is 1. The molecule has 1 saturated carbocycles. The summed E-state index contributed by atoms with van der Waals surface area (Å²) in [5.74, 6) is -1.01. The van der Waals surface area contributed by atoms with Crippen LogP contribution in [-0.2, 0) is 14.3 Å². The van der Waals surface area contributed by atoms with Crippen LogP contribution in [0.4, 0.5) is 10.1 Å². The first kappa shape index (κ1) is 17.7. The smallest absolute Gasteiger partial charge is 0.309 e. The van der Waals surface area contributed by atoms with Gasteiger partial charge in [-0.2, -0.15) is 0 Å². The molecule has 1 saturated heterocycles. The number of carbonyl (C=O) groups is 2. The summed E-state index contributed by atoms with van der Waals surface area (Å²) < 4.78 is 18.6. The lowest BCUT2D eigenvalue weighted by atomic mass is 9.93. The van der Waals surface area contributed by atoms with Crippen LogP contribution in [0.5, 0.6) is 0 Å². The molecule has 0 aromatic heterocycles. The molecule has 6 heteroatoms. The maximum atomic E-state index is 13.7. The third-order valence-corrected chi connectivity index (χ3v) is 5.38. The van der Waals surface area contributed by atoms with Crippen molar-refractivity contribution in [1.29, 1.82) is 0 Å². The Morgan fingerprint density at radius 1 is 1.12 bits per heavy atom. The first-order valence-corrected chi connectivity index (χ1v) is 8.98. The van der Waals surface area contributed by atoms with Gasteiger partial charge in [0, 0.05) is 19.1 Å². The molecule has 1 aliphatic carbocycles. The van der Waals surface area contributed by atoms with Crippen molar-refractivity contribution in [1.82, 2.24) is 4.90 Å². The number of piperidine rings is 1. The fourth-order valence-electron chi connectivity index (χ4n) is 3.97. The van der Waals surface area contributed by atoms with E-state index in [9.17, 15) is 14.0 Å². The molecule has 0 radical (unpaired) electrons. The third-order valence-electron chi connectivity index (χ3n) is 5.38.